The van der Waals surface area contributed by atoms with Gasteiger partial charge in [-0.3, -0.25) is 0 Å². The molecule has 0 aliphatic heterocycles. The molecule has 18 heavy (non-hydrogen) atoms. The molecule has 100 valence electrons. The molecule has 0 heterocycles. The molecule has 1 aliphatic rings. The lowest BCUT2D eigenvalue weighted by Crippen LogP contribution is -2.32. The molecule has 0 bridgehead atoms. The van der Waals surface area contributed by atoms with Crippen molar-refractivity contribution in [2.75, 3.05) is 13.1 Å². The quantitative estimate of drug-likeness (QED) is 0.813. The first-order valence-electron chi connectivity index (χ1n) is 5.90. The highest BCUT2D eigenvalue weighted by Crippen LogP contribution is 2.33. The fourth-order valence-electron chi connectivity index (χ4n) is 1.81. The Morgan fingerprint density at radius 1 is 1.44 bits per heavy atom. The van der Waals surface area contributed by atoms with Gasteiger partial charge in [0.05, 0.1) is 5.02 Å². The van der Waals surface area contributed by atoms with E-state index in [2.05, 4.69) is 15.9 Å². The maximum absolute atomic E-state index is 12.5. The van der Waals surface area contributed by atoms with Crippen molar-refractivity contribution in [1.29, 1.82) is 0 Å². The maximum atomic E-state index is 12.5. The predicted molar refractivity (Wildman–Crippen MR) is 76.3 cm³/mol. The van der Waals surface area contributed by atoms with Crippen molar-refractivity contribution < 1.29 is 8.42 Å². The predicted octanol–water partition coefficient (Wildman–Crippen LogP) is 3.52. The third kappa shape index (κ3) is 3.07. The number of hydrogen-bond acceptors (Lipinski definition) is 2. The van der Waals surface area contributed by atoms with E-state index in [9.17, 15) is 8.42 Å². The molecule has 0 N–H and O–H groups in total. The summed E-state index contributed by atoms with van der Waals surface area (Å²) in [5, 5.41) is 0.263. The molecule has 0 saturated heterocycles. The lowest BCUT2D eigenvalue weighted by molar-refractivity contribution is 0.412. The molecule has 1 fully saturated rings. The number of benzene rings is 1. The van der Waals surface area contributed by atoms with E-state index in [0.717, 1.165) is 17.3 Å². The molecule has 0 radical (unpaired) electrons. The minimum Gasteiger partial charge on any atom is -0.207 e. The monoisotopic (exact) mass is 351 g/mol. The van der Waals surface area contributed by atoms with Crippen molar-refractivity contribution >= 4 is 37.6 Å². The van der Waals surface area contributed by atoms with Crippen LogP contribution in [-0.4, -0.2) is 25.8 Å². The average molecular weight is 353 g/mol. The fourth-order valence-corrected chi connectivity index (χ4v) is 4.35. The third-order valence-corrected chi connectivity index (χ3v) is 5.94. The molecular formula is C12H15BrClNO2S. The van der Waals surface area contributed by atoms with Crippen molar-refractivity contribution in [3.8, 4) is 0 Å². The van der Waals surface area contributed by atoms with Crippen LogP contribution in [-0.2, 0) is 10.0 Å². The van der Waals surface area contributed by atoms with Crippen LogP contribution in [0.2, 0.25) is 5.02 Å². The normalized spacial score (nSPS) is 16.2. The van der Waals surface area contributed by atoms with E-state index in [-0.39, 0.29) is 9.92 Å². The molecule has 1 aromatic rings. The lowest BCUT2D eigenvalue weighted by Gasteiger charge is -2.21. The van der Waals surface area contributed by atoms with Crippen molar-refractivity contribution in [1.82, 2.24) is 4.31 Å². The van der Waals surface area contributed by atoms with Gasteiger partial charge < -0.3 is 0 Å². The minimum absolute atomic E-state index is 0.190. The standard InChI is InChI=1S/C12H15BrClNO2S/c1-2-15(8-9-3-4-9)18(16,17)12-6-5-10(13)7-11(12)14/h5-7,9H,2-4,8H2,1H3. The molecule has 1 aromatic carbocycles. The van der Waals surface area contributed by atoms with E-state index in [0.29, 0.717) is 19.0 Å². The van der Waals surface area contributed by atoms with Crippen molar-refractivity contribution in [3.63, 3.8) is 0 Å². The van der Waals surface area contributed by atoms with Gasteiger partial charge in [-0.1, -0.05) is 34.5 Å². The Hall–Kier alpha value is -0.100. The number of hydrogen-bond donors (Lipinski definition) is 0. The SMILES string of the molecule is CCN(CC1CC1)S(=O)(=O)c1ccc(Br)cc1Cl. The number of halogens is 2. The Balaban J connectivity index is 2.32. The van der Waals surface area contributed by atoms with Crippen LogP contribution in [0.25, 0.3) is 0 Å². The molecule has 1 aliphatic carbocycles. The van der Waals surface area contributed by atoms with Crippen molar-refractivity contribution in [3.05, 3.63) is 27.7 Å². The van der Waals surface area contributed by atoms with Gasteiger partial charge in [-0.05, 0) is 37.0 Å². The lowest BCUT2D eigenvalue weighted by atomic mass is 10.4. The zero-order valence-electron chi connectivity index (χ0n) is 10.1. The summed E-state index contributed by atoms with van der Waals surface area (Å²) in [6.07, 6.45) is 2.25. The van der Waals surface area contributed by atoms with Gasteiger partial charge in [0.1, 0.15) is 4.90 Å². The Labute approximate surface area is 121 Å². The fraction of sp³-hybridized carbons (Fsp3) is 0.500. The van der Waals surface area contributed by atoms with Gasteiger partial charge in [0.25, 0.3) is 0 Å². The zero-order valence-corrected chi connectivity index (χ0v) is 13.2. The Morgan fingerprint density at radius 2 is 2.11 bits per heavy atom. The second-order valence-corrected chi connectivity index (χ2v) is 7.70. The van der Waals surface area contributed by atoms with E-state index in [4.69, 9.17) is 11.6 Å². The van der Waals surface area contributed by atoms with Gasteiger partial charge in [0.2, 0.25) is 10.0 Å². The Bertz CT molecular complexity index is 543. The summed E-state index contributed by atoms with van der Waals surface area (Å²) in [5.41, 5.74) is 0. The molecule has 0 aromatic heterocycles. The molecule has 3 nitrogen and oxygen atoms in total. The topological polar surface area (TPSA) is 37.4 Å². The highest BCUT2D eigenvalue weighted by Gasteiger charge is 2.31. The average Bonchev–Trinajstić information content (AvgIpc) is 3.08. The molecule has 1 saturated carbocycles. The van der Waals surface area contributed by atoms with E-state index < -0.39 is 10.0 Å². The third-order valence-electron chi connectivity index (χ3n) is 3.02. The van der Waals surface area contributed by atoms with E-state index in [1.807, 2.05) is 6.92 Å². The van der Waals surface area contributed by atoms with Crippen LogP contribution in [0.5, 0.6) is 0 Å². The first-order chi connectivity index (χ1) is 8.45. The van der Waals surface area contributed by atoms with Crippen LogP contribution < -0.4 is 0 Å². The van der Waals surface area contributed by atoms with Crippen LogP contribution in [0.1, 0.15) is 19.8 Å². The second kappa shape index (κ2) is 5.49. The van der Waals surface area contributed by atoms with Gasteiger partial charge in [0.15, 0.2) is 0 Å². The van der Waals surface area contributed by atoms with E-state index in [1.165, 1.54) is 4.31 Å². The highest BCUT2D eigenvalue weighted by molar-refractivity contribution is 9.10. The molecule has 2 rings (SSSR count). The number of sulfonamides is 1. The van der Waals surface area contributed by atoms with Crippen molar-refractivity contribution in [2.45, 2.75) is 24.7 Å². The van der Waals surface area contributed by atoms with Crippen LogP contribution in [0.15, 0.2) is 27.6 Å². The molecule has 0 amide bonds. The van der Waals surface area contributed by atoms with Gasteiger partial charge in [-0.2, -0.15) is 4.31 Å². The summed E-state index contributed by atoms with van der Waals surface area (Å²) in [6, 6.07) is 4.86. The van der Waals surface area contributed by atoms with Crippen LogP contribution in [0, 0.1) is 5.92 Å². The Morgan fingerprint density at radius 3 is 2.61 bits per heavy atom. The summed E-state index contributed by atoms with van der Waals surface area (Å²) >= 11 is 9.31. The maximum Gasteiger partial charge on any atom is 0.244 e. The first kappa shape index (κ1) is 14.3. The van der Waals surface area contributed by atoms with Gasteiger partial charge in [-0.15, -0.1) is 0 Å². The molecule has 6 heteroatoms. The number of nitrogens with zero attached hydrogens (tertiary/aromatic N) is 1. The summed E-state index contributed by atoms with van der Waals surface area (Å²) < 4.78 is 27.3. The van der Waals surface area contributed by atoms with Gasteiger partial charge in [-0.25, -0.2) is 8.42 Å². The molecular weight excluding hydrogens is 338 g/mol. The van der Waals surface area contributed by atoms with E-state index >= 15 is 0 Å². The molecule has 0 spiro atoms. The summed E-state index contributed by atoms with van der Waals surface area (Å²) in [4.78, 5) is 0.190. The second-order valence-electron chi connectivity index (χ2n) is 4.47. The smallest absolute Gasteiger partial charge is 0.207 e. The summed E-state index contributed by atoms with van der Waals surface area (Å²) in [6.45, 7) is 2.93. The summed E-state index contributed by atoms with van der Waals surface area (Å²) in [7, 11) is -3.47. The Kier molecular flexibility index (Phi) is 4.36. The van der Waals surface area contributed by atoms with Crippen LogP contribution >= 0.6 is 27.5 Å². The van der Waals surface area contributed by atoms with Gasteiger partial charge >= 0.3 is 0 Å². The largest absolute Gasteiger partial charge is 0.244 e. The highest BCUT2D eigenvalue weighted by atomic mass is 79.9. The van der Waals surface area contributed by atoms with E-state index in [1.54, 1.807) is 18.2 Å². The minimum atomic E-state index is -3.47. The van der Waals surface area contributed by atoms with Gasteiger partial charge in [0, 0.05) is 17.6 Å². The zero-order chi connectivity index (χ0) is 13.3. The van der Waals surface area contributed by atoms with Crippen LogP contribution in [0.4, 0.5) is 0 Å². The number of rotatable bonds is 5. The molecule has 0 unspecified atom stereocenters. The van der Waals surface area contributed by atoms with Crippen LogP contribution in [0.3, 0.4) is 0 Å². The van der Waals surface area contributed by atoms with Crippen molar-refractivity contribution in [2.24, 2.45) is 5.92 Å². The first-order valence-corrected chi connectivity index (χ1v) is 8.51. The summed E-state index contributed by atoms with van der Waals surface area (Å²) in [5.74, 6) is 0.522. The molecule has 0 atom stereocenters.